The summed E-state index contributed by atoms with van der Waals surface area (Å²) in [5.74, 6) is 5.18. The third-order valence-corrected chi connectivity index (χ3v) is 11.2. The fourth-order valence-corrected chi connectivity index (χ4v) is 8.69. The first-order chi connectivity index (χ1) is 22.4. The van der Waals surface area contributed by atoms with Crippen molar-refractivity contribution in [1.29, 1.82) is 0 Å². The van der Waals surface area contributed by atoms with Crippen LogP contribution in [0.1, 0.15) is 107 Å². The number of aliphatic hydroxyl groups is 2. The van der Waals surface area contributed by atoms with E-state index in [1.165, 1.54) is 16.7 Å². The van der Waals surface area contributed by atoms with E-state index in [2.05, 4.69) is 63.1 Å². The van der Waals surface area contributed by atoms with Crippen molar-refractivity contribution in [3.05, 3.63) is 70.3 Å². The first kappa shape index (κ1) is 35.1. The monoisotopic (exact) mass is 644 g/mol. The molecule has 7 atom stereocenters. The van der Waals surface area contributed by atoms with Crippen LogP contribution in [0.5, 0.6) is 0 Å². The van der Waals surface area contributed by atoms with E-state index < -0.39 is 30.1 Å². The van der Waals surface area contributed by atoms with Gasteiger partial charge in [0.1, 0.15) is 12.1 Å². The Morgan fingerprint density at radius 2 is 1.89 bits per heavy atom. The summed E-state index contributed by atoms with van der Waals surface area (Å²) in [6.45, 7) is 11.3. The fourth-order valence-electron chi connectivity index (χ4n) is 8.69. The maximum Gasteiger partial charge on any atom is 0.304 e. The van der Waals surface area contributed by atoms with Gasteiger partial charge >= 0.3 is 5.97 Å². The molecule has 2 aliphatic carbocycles. The summed E-state index contributed by atoms with van der Waals surface area (Å²) < 4.78 is 0. The average molecular weight is 645 g/mol. The number of amides is 1. The molecule has 0 unspecified atom stereocenters. The molecule has 0 radical (unpaired) electrons. The Balaban J connectivity index is 1.35. The Kier molecular flexibility index (Phi) is 10.8. The molecule has 5 rings (SSSR count). The van der Waals surface area contributed by atoms with Gasteiger partial charge in [-0.15, -0.1) is 0 Å². The molecule has 1 amide bonds. The van der Waals surface area contributed by atoms with Gasteiger partial charge in [0.15, 0.2) is 0 Å². The zero-order valence-electron chi connectivity index (χ0n) is 28.6. The lowest BCUT2D eigenvalue weighted by atomic mass is 9.49. The van der Waals surface area contributed by atoms with E-state index in [-0.39, 0.29) is 42.7 Å². The van der Waals surface area contributed by atoms with Crippen LogP contribution in [0.3, 0.4) is 0 Å². The number of benzene rings is 2. The van der Waals surface area contributed by atoms with E-state index in [1.807, 2.05) is 24.3 Å². The number of nitrogens with zero attached hydrogens (tertiary/aromatic N) is 1. The van der Waals surface area contributed by atoms with Crippen molar-refractivity contribution in [3.63, 3.8) is 0 Å². The number of carbonyl (C=O) groups is 2. The van der Waals surface area contributed by atoms with E-state index in [0.29, 0.717) is 23.9 Å². The Hall–Kier alpha value is -3.22. The SMILES string of the molecule is CC(C)c1ccc2c(c1)CC[C@H]1[C@](C)(CNC(=O)[C@H]3[C@@H](CO)[C@@H]([C@@H](C)O)ON3Cc3ccccc3C#CCCC(=O)O)CCC[C@]21C. The summed E-state index contributed by atoms with van der Waals surface area (Å²) in [4.78, 5) is 31.3. The molecule has 254 valence electrons. The van der Waals surface area contributed by atoms with Gasteiger partial charge in [0.05, 0.1) is 25.7 Å². The lowest BCUT2D eigenvalue weighted by Gasteiger charge is -2.55. The third kappa shape index (κ3) is 7.29. The zero-order chi connectivity index (χ0) is 33.9. The molecule has 47 heavy (non-hydrogen) atoms. The largest absolute Gasteiger partial charge is 0.481 e. The minimum Gasteiger partial charge on any atom is -0.481 e. The van der Waals surface area contributed by atoms with Gasteiger partial charge in [0.25, 0.3) is 0 Å². The molecule has 3 aliphatic rings. The lowest BCUT2D eigenvalue weighted by molar-refractivity contribution is -0.192. The van der Waals surface area contributed by atoms with Gasteiger partial charge < -0.3 is 20.6 Å². The fraction of sp³-hybridized carbons (Fsp3) is 0.590. The van der Waals surface area contributed by atoms with Crippen LogP contribution in [-0.2, 0) is 32.8 Å². The van der Waals surface area contributed by atoms with Crippen molar-refractivity contribution in [1.82, 2.24) is 10.4 Å². The molecule has 1 saturated heterocycles. The summed E-state index contributed by atoms with van der Waals surface area (Å²) in [5.41, 5.74) is 5.81. The second-order valence-corrected chi connectivity index (χ2v) is 14.8. The Labute approximate surface area is 279 Å². The molecular formula is C39H52N2O6. The van der Waals surface area contributed by atoms with Gasteiger partial charge in [-0.2, -0.15) is 5.06 Å². The molecule has 4 N–H and O–H groups in total. The van der Waals surface area contributed by atoms with Crippen LogP contribution in [0.2, 0.25) is 0 Å². The number of nitrogens with one attached hydrogen (secondary N) is 1. The molecule has 1 heterocycles. The van der Waals surface area contributed by atoms with Crippen molar-refractivity contribution in [2.24, 2.45) is 17.3 Å². The molecule has 0 spiro atoms. The van der Waals surface area contributed by atoms with E-state index in [4.69, 9.17) is 9.94 Å². The molecule has 0 aromatic heterocycles. The van der Waals surface area contributed by atoms with Gasteiger partial charge in [-0.3, -0.25) is 14.4 Å². The minimum atomic E-state index is -0.897. The van der Waals surface area contributed by atoms with Crippen LogP contribution in [-0.4, -0.2) is 63.7 Å². The number of aryl methyl sites for hydroxylation is 1. The van der Waals surface area contributed by atoms with Crippen LogP contribution in [0.15, 0.2) is 42.5 Å². The van der Waals surface area contributed by atoms with Crippen LogP contribution < -0.4 is 5.32 Å². The number of aliphatic carboxylic acids is 1. The molecule has 0 bridgehead atoms. The topological polar surface area (TPSA) is 119 Å². The predicted molar refractivity (Wildman–Crippen MR) is 181 cm³/mol. The lowest BCUT2D eigenvalue weighted by Crippen LogP contribution is -2.55. The van der Waals surface area contributed by atoms with Crippen LogP contribution in [0.25, 0.3) is 0 Å². The molecular weight excluding hydrogens is 592 g/mol. The summed E-state index contributed by atoms with van der Waals surface area (Å²) in [6, 6.07) is 13.8. The number of carbonyl (C=O) groups excluding carboxylic acids is 1. The van der Waals surface area contributed by atoms with Gasteiger partial charge in [-0.25, -0.2) is 0 Å². The molecule has 2 aromatic rings. The van der Waals surface area contributed by atoms with E-state index >= 15 is 0 Å². The molecule has 1 saturated carbocycles. The number of fused-ring (bicyclic) bond motifs is 3. The maximum absolute atomic E-state index is 14.2. The number of hydroxylamine groups is 2. The summed E-state index contributed by atoms with van der Waals surface area (Å²) in [6.07, 6.45) is 3.95. The molecule has 1 aliphatic heterocycles. The first-order valence-electron chi connectivity index (χ1n) is 17.3. The van der Waals surface area contributed by atoms with E-state index in [1.54, 1.807) is 12.0 Å². The summed E-state index contributed by atoms with van der Waals surface area (Å²) >= 11 is 0. The van der Waals surface area contributed by atoms with Crippen molar-refractivity contribution in [2.75, 3.05) is 13.2 Å². The highest BCUT2D eigenvalue weighted by Gasteiger charge is 2.53. The van der Waals surface area contributed by atoms with Crippen LogP contribution in [0.4, 0.5) is 0 Å². The van der Waals surface area contributed by atoms with Crippen molar-refractivity contribution < 1.29 is 29.7 Å². The highest BCUT2D eigenvalue weighted by Crippen LogP contribution is 2.57. The van der Waals surface area contributed by atoms with Gasteiger partial charge in [0, 0.05) is 24.4 Å². The number of aliphatic hydroxyl groups excluding tert-OH is 2. The number of carboxylic acids is 1. The van der Waals surface area contributed by atoms with Crippen molar-refractivity contribution >= 4 is 11.9 Å². The minimum absolute atomic E-state index is 0.0363. The molecule has 2 fully saturated rings. The summed E-state index contributed by atoms with van der Waals surface area (Å²) in [5, 5.41) is 34.9. The van der Waals surface area contributed by atoms with E-state index in [0.717, 1.165) is 37.7 Å². The average Bonchev–Trinajstić information content (AvgIpc) is 3.41. The highest BCUT2D eigenvalue weighted by molar-refractivity contribution is 5.82. The molecule has 8 nitrogen and oxygen atoms in total. The number of hydrogen-bond acceptors (Lipinski definition) is 6. The number of rotatable bonds is 10. The third-order valence-electron chi connectivity index (χ3n) is 11.2. The second kappa shape index (κ2) is 14.5. The maximum atomic E-state index is 14.2. The predicted octanol–water partition coefficient (Wildman–Crippen LogP) is 5.33. The van der Waals surface area contributed by atoms with Crippen molar-refractivity contribution in [2.45, 2.75) is 116 Å². The van der Waals surface area contributed by atoms with Gasteiger partial charge in [-0.1, -0.05) is 82.4 Å². The second-order valence-electron chi connectivity index (χ2n) is 14.8. The van der Waals surface area contributed by atoms with Gasteiger partial charge in [0.2, 0.25) is 5.91 Å². The van der Waals surface area contributed by atoms with Crippen LogP contribution in [0, 0.1) is 29.1 Å². The Morgan fingerprint density at radius 3 is 2.60 bits per heavy atom. The smallest absolute Gasteiger partial charge is 0.304 e. The molecule has 8 heteroatoms. The standard InChI is InChI=1S/C39H52N2O6/c1-25(2)28-15-17-32-29(21-28)16-18-33-38(4,19-10-20-39(32,33)5)24-40-37(46)35-31(23-42)36(26(3)43)47-41(35)22-30-13-7-6-11-27(30)12-8-9-14-34(44)45/h6-7,11,13,15,17,21,25-26,31,33,35-36,42-43H,9-10,14,16,18-20,22-24H2,1-5H3,(H,40,46)(H,44,45)/t26-,31-,33+,35-,36-,38+,39-/m1/s1. The number of hydrogen-bond donors (Lipinski definition) is 4. The molecule has 2 aromatic carbocycles. The van der Waals surface area contributed by atoms with Crippen molar-refractivity contribution in [3.8, 4) is 11.8 Å². The number of carboxylic acid groups (broad SMARTS) is 1. The van der Waals surface area contributed by atoms with E-state index in [9.17, 15) is 19.8 Å². The zero-order valence-corrected chi connectivity index (χ0v) is 28.6. The first-order valence-corrected chi connectivity index (χ1v) is 17.3. The normalized spacial score (nSPS) is 29.4. The van der Waals surface area contributed by atoms with Gasteiger partial charge in [-0.05, 0) is 83.6 Å². The van der Waals surface area contributed by atoms with Crippen LogP contribution >= 0.6 is 0 Å². The Morgan fingerprint density at radius 1 is 1.13 bits per heavy atom. The highest BCUT2D eigenvalue weighted by atomic mass is 16.7. The summed E-state index contributed by atoms with van der Waals surface area (Å²) in [7, 11) is 0. The Bertz CT molecular complexity index is 1510. The quantitative estimate of drug-likeness (QED) is 0.258.